The molecule has 3 heterocycles. The topological polar surface area (TPSA) is 44.2 Å². The average molecular weight is 370 g/mol. The third kappa shape index (κ3) is 3.13. The van der Waals surface area contributed by atoms with Crippen molar-refractivity contribution in [3.8, 4) is 5.75 Å². The van der Waals surface area contributed by atoms with E-state index in [1.54, 1.807) is 13.0 Å². The maximum atomic E-state index is 14.4. The molecule has 8 heteroatoms. The van der Waals surface area contributed by atoms with Crippen molar-refractivity contribution in [3.63, 3.8) is 0 Å². The molecule has 0 saturated carbocycles. The van der Waals surface area contributed by atoms with Gasteiger partial charge in [-0.3, -0.25) is 9.97 Å². The third-order valence-corrected chi connectivity index (χ3v) is 4.39. The fraction of sp³-hybridized carbons (Fsp3) is 0.444. The van der Waals surface area contributed by atoms with Gasteiger partial charge in [-0.15, -0.1) is 0 Å². The van der Waals surface area contributed by atoms with Crippen LogP contribution < -0.4 is 4.74 Å². The van der Waals surface area contributed by atoms with Gasteiger partial charge in [0, 0.05) is 5.69 Å². The summed E-state index contributed by atoms with van der Waals surface area (Å²) >= 11 is 0. The lowest BCUT2D eigenvalue weighted by Crippen LogP contribution is -2.46. The van der Waals surface area contributed by atoms with Crippen LogP contribution in [0, 0.1) is 13.8 Å². The number of nitrogens with zero attached hydrogens (tertiary/aromatic N) is 2. The molecule has 1 aliphatic heterocycles. The minimum Gasteiger partial charge on any atom is -0.470 e. The predicted octanol–water partition coefficient (Wildman–Crippen LogP) is 4.14. The molecule has 1 aliphatic rings. The van der Waals surface area contributed by atoms with E-state index in [4.69, 9.17) is 9.47 Å². The van der Waals surface area contributed by atoms with Crippen molar-refractivity contribution in [1.29, 1.82) is 0 Å². The van der Waals surface area contributed by atoms with Crippen LogP contribution in [0.3, 0.4) is 0 Å². The first-order valence-corrected chi connectivity index (χ1v) is 8.00. The second-order valence-corrected chi connectivity index (χ2v) is 6.54. The first-order chi connectivity index (χ1) is 12.1. The molecular formula is C18H18F4N2O2. The first kappa shape index (κ1) is 18.6. The molecule has 0 aromatic carbocycles. The summed E-state index contributed by atoms with van der Waals surface area (Å²) in [5.41, 5.74) is -3.90. The number of rotatable bonds is 4. The molecule has 0 N–H and O–H groups in total. The van der Waals surface area contributed by atoms with Crippen molar-refractivity contribution in [2.45, 2.75) is 38.2 Å². The quantitative estimate of drug-likeness (QED) is 0.759. The number of aromatic nitrogens is 2. The first-order valence-electron chi connectivity index (χ1n) is 8.00. The Morgan fingerprint density at radius 3 is 2.27 bits per heavy atom. The summed E-state index contributed by atoms with van der Waals surface area (Å²) in [4.78, 5) is 8.05. The Hall–Kier alpha value is -2.22. The van der Waals surface area contributed by atoms with Gasteiger partial charge in [0.1, 0.15) is 5.75 Å². The average Bonchev–Trinajstić information content (AvgIpc) is 2.53. The van der Waals surface area contributed by atoms with Crippen LogP contribution in [-0.2, 0) is 16.0 Å². The lowest BCUT2D eigenvalue weighted by atomic mass is 9.98. The van der Waals surface area contributed by atoms with E-state index in [9.17, 15) is 17.6 Å². The second kappa shape index (κ2) is 6.19. The second-order valence-electron chi connectivity index (χ2n) is 6.54. The Bertz CT molecular complexity index is 821. The summed E-state index contributed by atoms with van der Waals surface area (Å²) in [5.74, 6) is -0.0827. The van der Waals surface area contributed by atoms with Crippen LogP contribution in [-0.4, -0.2) is 29.4 Å². The largest absolute Gasteiger partial charge is 0.470 e. The van der Waals surface area contributed by atoms with Gasteiger partial charge in [0.15, 0.2) is 5.67 Å². The molecule has 0 amide bonds. The molecule has 1 unspecified atom stereocenters. The number of alkyl halides is 4. The van der Waals surface area contributed by atoms with Crippen molar-refractivity contribution >= 4 is 0 Å². The number of hydrogen-bond donors (Lipinski definition) is 0. The lowest BCUT2D eigenvalue weighted by molar-refractivity contribution is -0.249. The van der Waals surface area contributed by atoms with Gasteiger partial charge in [0.2, 0.25) is 5.60 Å². The highest BCUT2D eigenvalue weighted by Crippen LogP contribution is 2.43. The van der Waals surface area contributed by atoms with E-state index < -0.39 is 17.4 Å². The molecule has 2 aromatic rings. The highest BCUT2D eigenvalue weighted by molar-refractivity contribution is 5.33. The van der Waals surface area contributed by atoms with Crippen molar-refractivity contribution < 1.29 is 27.0 Å². The van der Waals surface area contributed by atoms with Gasteiger partial charge >= 0.3 is 6.18 Å². The van der Waals surface area contributed by atoms with Gasteiger partial charge in [-0.25, -0.2) is 4.39 Å². The molecule has 1 fully saturated rings. The van der Waals surface area contributed by atoms with Crippen LogP contribution in [0.2, 0.25) is 0 Å². The number of pyridine rings is 2. The van der Waals surface area contributed by atoms with Crippen LogP contribution in [0.5, 0.6) is 5.75 Å². The van der Waals surface area contributed by atoms with Gasteiger partial charge in [0.25, 0.3) is 0 Å². The van der Waals surface area contributed by atoms with E-state index >= 15 is 0 Å². The summed E-state index contributed by atoms with van der Waals surface area (Å²) < 4.78 is 66.0. The number of aryl methyl sites for hydroxylation is 2. The molecule has 2 aromatic heterocycles. The smallest absolute Gasteiger partial charge is 0.433 e. The molecule has 26 heavy (non-hydrogen) atoms. The molecule has 1 saturated heterocycles. The Kier molecular flexibility index (Phi) is 4.42. The van der Waals surface area contributed by atoms with Crippen LogP contribution >= 0.6 is 0 Å². The number of hydrogen-bond acceptors (Lipinski definition) is 4. The van der Waals surface area contributed by atoms with Crippen molar-refractivity contribution in [3.05, 3.63) is 53.1 Å². The lowest BCUT2D eigenvalue weighted by Gasteiger charge is -2.34. The molecular weight excluding hydrogens is 352 g/mol. The van der Waals surface area contributed by atoms with Crippen molar-refractivity contribution in [1.82, 2.24) is 9.97 Å². The standard InChI is InChI=1S/C18H18F4N2O2/c1-11-5-4-6-14(23-11)16(3,18(20,21)22)26-13-7-8-15(24-12(13)2)17(19)9-25-10-17/h4-8H,9-10H2,1-3H3. The third-order valence-electron chi connectivity index (χ3n) is 4.39. The number of ether oxygens (including phenoxy) is 2. The molecule has 0 spiro atoms. The summed E-state index contributed by atoms with van der Waals surface area (Å²) in [6.45, 7) is 3.75. The van der Waals surface area contributed by atoms with Gasteiger partial charge in [-0.2, -0.15) is 13.2 Å². The highest BCUT2D eigenvalue weighted by atomic mass is 19.4. The van der Waals surface area contributed by atoms with E-state index in [0.717, 1.165) is 6.92 Å². The van der Waals surface area contributed by atoms with E-state index in [2.05, 4.69) is 9.97 Å². The van der Waals surface area contributed by atoms with E-state index in [1.807, 2.05) is 0 Å². The Labute approximate surface area is 148 Å². The van der Waals surface area contributed by atoms with Gasteiger partial charge in [-0.1, -0.05) is 6.07 Å². The van der Waals surface area contributed by atoms with Gasteiger partial charge in [-0.05, 0) is 45.0 Å². The van der Waals surface area contributed by atoms with Crippen LogP contribution in [0.15, 0.2) is 30.3 Å². The fourth-order valence-electron chi connectivity index (χ4n) is 2.62. The Morgan fingerprint density at radius 1 is 1.08 bits per heavy atom. The molecule has 4 nitrogen and oxygen atoms in total. The molecule has 1 atom stereocenters. The SMILES string of the molecule is Cc1cccc(C(C)(Oc2ccc(C3(F)COC3)nc2C)C(F)(F)F)n1. The highest BCUT2D eigenvalue weighted by Gasteiger charge is 2.56. The van der Waals surface area contributed by atoms with E-state index in [1.165, 1.54) is 31.2 Å². The molecule has 0 radical (unpaired) electrons. The van der Waals surface area contributed by atoms with Crippen LogP contribution in [0.1, 0.15) is 29.7 Å². The number of halogens is 4. The summed E-state index contributed by atoms with van der Waals surface area (Å²) in [7, 11) is 0. The van der Waals surface area contributed by atoms with Crippen molar-refractivity contribution in [2.24, 2.45) is 0 Å². The Morgan fingerprint density at radius 2 is 1.77 bits per heavy atom. The van der Waals surface area contributed by atoms with E-state index in [-0.39, 0.29) is 36.0 Å². The molecule has 0 aliphatic carbocycles. The zero-order valence-electron chi connectivity index (χ0n) is 14.5. The summed E-state index contributed by atoms with van der Waals surface area (Å²) in [6.07, 6.45) is -4.72. The zero-order chi connectivity index (χ0) is 19.2. The van der Waals surface area contributed by atoms with Gasteiger partial charge in [0.05, 0.1) is 30.3 Å². The zero-order valence-corrected chi connectivity index (χ0v) is 14.5. The summed E-state index contributed by atoms with van der Waals surface area (Å²) in [5, 5.41) is 0. The van der Waals surface area contributed by atoms with Crippen LogP contribution in [0.4, 0.5) is 17.6 Å². The fourth-order valence-corrected chi connectivity index (χ4v) is 2.62. The molecule has 140 valence electrons. The van der Waals surface area contributed by atoms with Crippen molar-refractivity contribution in [2.75, 3.05) is 13.2 Å². The Balaban J connectivity index is 1.98. The van der Waals surface area contributed by atoms with E-state index in [0.29, 0.717) is 5.69 Å². The maximum Gasteiger partial charge on any atom is 0.433 e. The van der Waals surface area contributed by atoms with Gasteiger partial charge < -0.3 is 9.47 Å². The maximum absolute atomic E-state index is 14.4. The predicted molar refractivity (Wildman–Crippen MR) is 85.6 cm³/mol. The summed E-state index contributed by atoms with van der Waals surface area (Å²) in [6, 6.07) is 6.98. The normalized spacial score (nSPS) is 18.7. The minimum atomic E-state index is -4.72. The molecule has 3 rings (SSSR count). The molecule has 0 bridgehead atoms. The minimum absolute atomic E-state index is 0.0827. The van der Waals surface area contributed by atoms with Crippen LogP contribution in [0.25, 0.3) is 0 Å². The monoisotopic (exact) mass is 370 g/mol.